The number of rotatable bonds is 1. The number of fused-ring (bicyclic) bond motifs is 1. The Morgan fingerprint density at radius 2 is 2.21 bits per heavy atom. The minimum atomic E-state index is -1.35. The van der Waals surface area contributed by atoms with Gasteiger partial charge in [-0.15, -0.1) is 0 Å². The van der Waals surface area contributed by atoms with Crippen molar-refractivity contribution in [3.63, 3.8) is 0 Å². The van der Waals surface area contributed by atoms with Crippen molar-refractivity contribution >= 4 is 11.8 Å². The molecule has 2 aliphatic carbocycles. The average Bonchev–Trinajstić information content (AvgIpc) is 2.98. The monoisotopic (exact) mass is 260 g/mol. The maximum absolute atomic E-state index is 11.7. The van der Waals surface area contributed by atoms with E-state index >= 15 is 0 Å². The molecule has 0 amide bonds. The Bertz CT molecular complexity index is 587. The molecule has 0 radical (unpaired) electrons. The van der Waals surface area contributed by atoms with Gasteiger partial charge < -0.3 is 10.2 Å². The molecular weight excluding hydrogens is 244 g/mol. The molecule has 1 fully saturated rings. The summed E-state index contributed by atoms with van der Waals surface area (Å²) in [4.78, 5) is 22.2. The molecule has 0 spiro atoms. The van der Waals surface area contributed by atoms with E-state index in [9.17, 15) is 14.7 Å². The third-order valence-corrected chi connectivity index (χ3v) is 4.12. The molecule has 2 rings (SSSR count). The number of carbonyl (C=O) groups is 2. The predicted octanol–water partition coefficient (Wildman–Crippen LogP) is 1.31. The van der Waals surface area contributed by atoms with Gasteiger partial charge in [0.05, 0.1) is 0 Å². The zero-order chi connectivity index (χ0) is 14.4. The molecule has 2 N–H and O–H groups in total. The van der Waals surface area contributed by atoms with Gasteiger partial charge in [0.25, 0.3) is 0 Å². The van der Waals surface area contributed by atoms with Gasteiger partial charge >= 0.3 is 5.97 Å². The fourth-order valence-corrected chi connectivity index (χ4v) is 2.70. The molecule has 0 bridgehead atoms. The van der Waals surface area contributed by atoms with E-state index in [1.54, 1.807) is 13.8 Å². The molecule has 0 aromatic heterocycles. The summed E-state index contributed by atoms with van der Waals surface area (Å²) >= 11 is 0. The third-order valence-electron chi connectivity index (χ3n) is 4.12. The minimum Gasteiger partial charge on any atom is -0.478 e. The quantitative estimate of drug-likeness (QED) is 0.550. The first-order valence-corrected chi connectivity index (χ1v) is 6.10. The lowest BCUT2D eigenvalue weighted by atomic mass is 9.74. The van der Waals surface area contributed by atoms with E-state index in [1.807, 2.05) is 6.92 Å². The summed E-state index contributed by atoms with van der Waals surface area (Å²) in [5, 5.41) is 19.4. The van der Waals surface area contributed by atoms with Gasteiger partial charge in [-0.3, -0.25) is 4.79 Å². The average molecular weight is 260 g/mol. The number of carboxylic acid groups (broad SMARTS) is 1. The fourth-order valence-electron chi connectivity index (χ4n) is 2.70. The lowest BCUT2D eigenvalue weighted by Gasteiger charge is -2.33. The largest absolute Gasteiger partial charge is 0.478 e. The standard InChI is InChI=1S/C15H16O4/c1-9(6-13(17)18)4-5-15(19)10(2)7-12(16)11-8-14(11,15)3/h6-7,11,19H,8H2,1-3H3,(H,17,18). The second-order valence-corrected chi connectivity index (χ2v) is 5.53. The van der Waals surface area contributed by atoms with Crippen LogP contribution in [0.25, 0.3) is 0 Å². The first-order valence-electron chi connectivity index (χ1n) is 6.10. The Balaban J connectivity index is 2.39. The Morgan fingerprint density at radius 1 is 1.58 bits per heavy atom. The maximum atomic E-state index is 11.7. The van der Waals surface area contributed by atoms with Crippen LogP contribution in [0.2, 0.25) is 0 Å². The van der Waals surface area contributed by atoms with E-state index in [-0.39, 0.29) is 11.7 Å². The van der Waals surface area contributed by atoms with Gasteiger partial charge in [0.1, 0.15) is 0 Å². The zero-order valence-corrected chi connectivity index (χ0v) is 11.2. The molecule has 0 aliphatic heterocycles. The summed E-state index contributed by atoms with van der Waals surface area (Å²) in [6.07, 6.45) is 3.06. The smallest absolute Gasteiger partial charge is 0.329 e. The Labute approximate surface area is 111 Å². The molecule has 100 valence electrons. The number of carbonyl (C=O) groups excluding carboxylic acids is 1. The van der Waals surface area contributed by atoms with Crippen LogP contribution >= 0.6 is 0 Å². The van der Waals surface area contributed by atoms with Crippen molar-refractivity contribution in [2.75, 3.05) is 0 Å². The van der Waals surface area contributed by atoms with Crippen LogP contribution in [-0.2, 0) is 9.59 Å². The normalized spacial score (nSPS) is 36.8. The highest BCUT2D eigenvalue weighted by Crippen LogP contribution is 2.63. The number of hydrogen-bond acceptors (Lipinski definition) is 3. The van der Waals surface area contributed by atoms with Crippen molar-refractivity contribution in [2.24, 2.45) is 11.3 Å². The highest BCUT2D eigenvalue weighted by atomic mass is 16.4. The van der Waals surface area contributed by atoms with Crippen molar-refractivity contribution in [2.45, 2.75) is 32.8 Å². The molecule has 0 heterocycles. The number of carboxylic acids is 1. The van der Waals surface area contributed by atoms with Gasteiger partial charge in [-0.25, -0.2) is 4.79 Å². The van der Waals surface area contributed by atoms with Crippen LogP contribution in [0.3, 0.4) is 0 Å². The summed E-state index contributed by atoms with van der Waals surface area (Å²) in [6.45, 7) is 5.10. The molecule has 2 aliphatic rings. The molecule has 0 aromatic carbocycles. The van der Waals surface area contributed by atoms with Gasteiger partial charge in [-0.05, 0) is 31.9 Å². The van der Waals surface area contributed by atoms with Crippen LogP contribution in [0, 0.1) is 23.2 Å². The first-order chi connectivity index (χ1) is 8.70. The highest BCUT2D eigenvalue weighted by Gasteiger charge is 2.67. The van der Waals surface area contributed by atoms with Crippen molar-refractivity contribution in [1.82, 2.24) is 0 Å². The summed E-state index contributed by atoms with van der Waals surface area (Å²) in [5.41, 5.74) is -0.991. The lowest BCUT2D eigenvalue weighted by Crippen LogP contribution is -2.42. The SMILES string of the molecule is CC(C#CC1(O)C(C)=CC(=O)C2CC21C)=CC(=O)O. The van der Waals surface area contributed by atoms with Crippen molar-refractivity contribution < 1.29 is 19.8 Å². The van der Waals surface area contributed by atoms with E-state index in [1.165, 1.54) is 6.08 Å². The van der Waals surface area contributed by atoms with E-state index < -0.39 is 17.0 Å². The van der Waals surface area contributed by atoms with Gasteiger partial charge in [0, 0.05) is 23.0 Å². The van der Waals surface area contributed by atoms with Crippen LogP contribution in [0.1, 0.15) is 27.2 Å². The molecule has 3 atom stereocenters. The molecule has 19 heavy (non-hydrogen) atoms. The molecular formula is C15H16O4. The molecule has 0 aromatic rings. The van der Waals surface area contributed by atoms with E-state index in [0.717, 1.165) is 6.08 Å². The first kappa shape index (κ1) is 13.6. The summed E-state index contributed by atoms with van der Waals surface area (Å²) in [6, 6.07) is 0. The van der Waals surface area contributed by atoms with Crippen molar-refractivity contribution in [3.8, 4) is 11.8 Å². The van der Waals surface area contributed by atoms with Crippen LogP contribution in [0.15, 0.2) is 23.3 Å². The van der Waals surface area contributed by atoms with Crippen molar-refractivity contribution in [1.29, 1.82) is 0 Å². The zero-order valence-electron chi connectivity index (χ0n) is 11.2. The minimum absolute atomic E-state index is 0.0456. The van der Waals surface area contributed by atoms with Gasteiger partial charge in [0.15, 0.2) is 11.4 Å². The lowest BCUT2D eigenvalue weighted by molar-refractivity contribution is -0.131. The van der Waals surface area contributed by atoms with Crippen LogP contribution in [-0.4, -0.2) is 27.6 Å². The number of hydrogen-bond donors (Lipinski definition) is 2. The third kappa shape index (κ3) is 2.00. The second kappa shape index (κ2) is 4.07. The number of allylic oxidation sites excluding steroid dienone is 2. The van der Waals surface area contributed by atoms with Gasteiger partial charge in [-0.1, -0.05) is 18.8 Å². The fraction of sp³-hybridized carbons (Fsp3) is 0.467. The molecule has 3 unspecified atom stereocenters. The van der Waals surface area contributed by atoms with Crippen LogP contribution < -0.4 is 0 Å². The Hall–Kier alpha value is -1.86. The van der Waals surface area contributed by atoms with Crippen LogP contribution in [0.5, 0.6) is 0 Å². The van der Waals surface area contributed by atoms with E-state index in [2.05, 4.69) is 11.8 Å². The highest BCUT2D eigenvalue weighted by molar-refractivity contribution is 5.98. The molecule has 0 saturated heterocycles. The summed E-state index contributed by atoms with van der Waals surface area (Å²) in [5.74, 6) is 4.25. The van der Waals surface area contributed by atoms with E-state index in [0.29, 0.717) is 17.6 Å². The molecule has 4 nitrogen and oxygen atoms in total. The van der Waals surface area contributed by atoms with Crippen molar-refractivity contribution in [3.05, 3.63) is 23.3 Å². The Kier molecular flexibility index (Phi) is 2.91. The summed E-state index contributed by atoms with van der Waals surface area (Å²) < 4.78 is 0. The summed E-state index contributed by atoms with van der Waals surface area (Å²) in [7, 11) is 0. The van der Waals surface area contributed by atoms with Crippen LogP contribution in [0.4, 0.5) is 0 Å². The molecule has 1 saturated carbocycles. The number of ketones is 1. The number of aliphatic carboxylic acids is 1. The topological polar surface area (TPSA) is 74.6 Å². The number of aliphatic hydroxyl groups is 1. The van der Waals surface area contributed by atoms with E-state index in [4.69, 9.17) is 5.11 Å². The van der Waals surface area contributed by atoms with Gasteiger partial charge in [0.2, 0.25) is 0 Å². The Morgan fingerprint density at radius 3 is 2.79 bits per heavy atom. The van der Waals surface area contributed by atoms with Gasteiger partial charge in [-0.2, -0.15) is 0 Å². The maximum Gasteiger partial charge on any atom is 0.329 e. The predicted molar refractivity (Wildman–Crippen MR) is 69.1 cm³/mol. The second-order valence-electron chi connectivity index (χ2n) is 5.53. The molecule has 4 heteroatoms.